The van der Waals surface area contributed by atoms with E-state index in [0.717, 1.165) is 11.0 Å². The second-order valence-electron chi connectivity index (χ2n) is 3.59. The number of hydrogen-bond acceptors (Lipinski definition) is 4. The number of amides is 2. The van der Waals surface area contributed by atoms with Gasteiger partial charge < -0.3 is 16.0 Å². The summed E-state index contributed by atoms with van der Waals surface area (Å²) in [5.74, 6) is -0.621. The largest absolute Gasteiger partial charge is 0.368 e. The number of primary amides is 1. The highest BCUT2D eigenvalue weighted by Crippen LogP contribution is 2.18. The van der Waals surface area contributed by atoms with E-state index in [9.17, 15) is 9.59 Å². The second kappa shape index (κ2) is 5.54. The van der Waals surface area contributed by atoms with Gasteiger partial charge in [0, 0.05) is 0 Å². The van der Waals surface area contributed by atoms with Crippen molar-refractivity contribution >= 4 is 34.6 Å². The Morgan fingerprint density at radius 1 is 1.39 bits per heavy atom. The fraction of sp³-hybridized carbons (Fsp3) is 0.182. The third-order valence-corrected chi connectivity index (χ3v) is 3.04. The van der Waals surface area contributed by atoms with Gasteiger partial charge in [-0.3, -0.25) is 9.59 Å². The van der Waals surface area contributed by atoms with Gasteiger partial charge in [0.25, 0.3) is 0 Å². The number of nitrogens with zero attached hydrogens (tertiary/aromatic N) is 1. The van der Waals surface area contributed by atoms with Crippen molar-refractivity contribution in [1.29, 1.82) is 0 Å². The summed E-state index contributed by atoms with van der Waals surface area (Å²) in [7, 11) is 0. The van der Waals surface area contributed by atoms with Gasteiger partial charge in [-0.25, -0.2) is 4.98 Å². The molecule has 7 heteroatoms. The molecule has 94 valence electrons. The van der Waals surface area contributed by atoms with Crippen molar-refractivity contribution in [2.24, 2.45) is 5.73 Å². The SMILES string of the molecule is NC(=O)CNC(=O)CSc1nc2ccccc2[nH]1. The van der Waals surface area contributed by atoms with Crippen molar-refractivity contribution in [3.63, 3.8) is 0 Å². The molecule has 1 aromatic carbocycles. The molecule has 2 rings (SSSR count). The van der Waals surface area contributed by atoms with E-state index >= 15 is 0 Å². The van der Waals surface area contributed by atoms with Gasteiger partial charge in [0.05, 0.1) is 23.3 Å². The Balaban J connectivity index is 1.90. The van der Waals surface area contributed by atoms with Gasteiger partial charge in [-0.2, -0.15) is 0 Å². The zero-order valence-corrected chi connectivity index (χ0v) is 10.3. The highest BCUT2D eigenvalue weighted by molar-refractivity contribution is 7.99. The normalized spacial score (nSPS) is 10.4. The third kappa shape index (κ3) is 3.24. The molecule has 0 fully saturated rings. The van der Waals surface area contributed by atoms with Crippen molar-refractivity contribution in [3.05, 3.63) is 24.3 Å². The minimum absolute atomic E-state index is 0.139. The molecule has 6 nitrogen and oxygen atoms in total. The van der Waals surface area contributed by atoms with Crippen molar-refractivity contribution in [2.75, 3.05) is 12.3 Å². The molecule has 0 saturated carbocycles. The molecule has 0 radical (unpaired) electrons. The zero-order valence-electron chi connectivity index (χ0n) is 9.47. The summed E-state index contributed by atoms with van der Waals surface area (Å²) in [5.41, 5.74) is 6.71. The molecular weight excluding hydrogens is 252 g/mol. The molecular formula is C11H12N4O2S. The first kappa shape index (κ1) is 12.4. The molecule has 0 spiro atoms. The van der Waals surface area contributed by atoms with Crippen LogP contribution in [0, 0.1) is 0 Å². The monoisotopic (exact) mass is 264 g/mol. The van der Waals surface area contributed by atoms with Crippen LogP contribution < -0.4 is 11.1 Å². The Hall–Kier alpha value is -2.02. The average molecular weight is 264 g/mol. The predicted molar refractivity (Wildman–Crippen MR) is 69.0 cm³/mol. The first-order chi connectivity index (χ1) is 8.65. The lowest BCUT2D eigenvalue weighted by molar-refractivity contribution is -0.123. The number of hydrogen-bond donors (Lipinski definition) is 3. The topological polar surface area (TPSA) is 101 Å². The Morgan fingerprint density at radius 2 is 2.17 bits per heavy atom. The molecule has 0 saturated heterocycles. The van der Waals surface area contributed by atoms with Crippen LogP contribution in [0.3, 0.4) is 0 Å². The number of aromatic nitrogens is 2. The Kier molecular flexibility index (Phi) is 3.83. The number of nitrogens with two attached hydrogens (primary N) is 1. The van der Waals surface area contributed by atoms with Crippen molar-refractivity contribution < 1.29 is 9.59 Å². The molecule has 0 aliphatic heterocycles. The van der Waals surface area contributed by atoms with Gasteiger partial charge in [-0.15, -0.1) is 0 Å². The van der Waals surface area contributed by atoms with E-state index in [1.165, 1.54) is 11.8 Å². The van der Waals surface area contributed by atoms with Crippen molar-refractivity contribution in [2.45, 2.75) is 5.16 Å². The van der Waals surface area contributed by atoms with E-state index < -0.39 is 5.91 Å². The summed E-state index contributed by atoms with van der Waals surface area (Å²) >= 11 is 1.28. The number of carbonyl (C=O) groups excluding carboxylic acids is 2. The van der Waals surface area contributed by atoms with Gasteiger partial charge >= 0.3 is 0 Å². The summed E-state index contributed by atoms with van der Waals surface area (Å²) in [6.07, 6.45) is 0. The number of H-pyrrole nitrogens is 1. The highest BCUT2D eigenvalue weighted by Gasteiger charge is 2.07. The van der Waals surface area contributed by atoms with Gasteiger partial charge in [-0.1, -0.05) is 23.9 Å². The molecule has 0 aliphatic rings. The number of benzene rings is 1. The third-order valence-electron chi connectivity index (χ3n) is 2.17. The van der Waals surface area contributed by atoms with E-state index in [4.69, 9.17) is 5.73 Å². The minimum atomic E-state index is -0.558. The lowest BCUT2D eigenvalue weighted by atomic mass is 10.3. The second-order valence-corrected chi connectivity index (χ2v) is 4.55. The van der Waals surface area contributed by atoms with Crippen LogP contribution in [0.4, 0.5) is 0 Å². The summed E-state index contributed by atoms with van der Waals surface area (Å²) in [6.45, 7) is -0.139. The van der Waals surface area contributed by atoms with E-state index in [1.807, 2.05) is 24.3 Å². The smallest absolute Gasteiger partial charge is 0.236 e. The van der Waals surface area contributed by atoms with Crippen LogP contribution in [0.15, 0.2) is 29.4 Å². The molecule has 1 heterocycles. The van der Waals surface area contributed by atoms with E-state index in [1.54, 1.807) is 0 Å². The van der Waals surface area contributed by atoms with Gasteiger partial charge in [0.2, 0.25) is 11.8 Å². The number of aromatic amines is 1. The first-order valence-corrected chi connectivity index (χ1v) is 6.26. The summed E-state index contributed by atoms with van der Waals surface area (Å²) in [5, 5.41) is 3.08. The maximum atomic E-state index is 11.4. The Morgan fingerprint density at radius 3 is 2.89 bits per heavy atom. The summed E-state index contributed by atoms with van der Waals surface area (Å²) in [6, 6.07) is 7.62. The number of rotatable bonds is 5. The van der Waals surface area contributed by atoms with Crippen molar-refractivity contribution in [1.82, 2.24) is 15.3 Å². The standard InChI is InChI=1S/C11H12N4O2S/c12-9(16)5-13-10(17)6-18-11-14-7-3-1-2-4-8(7)15-11/h1-4H,5-6H2,(H2,12,16)(H,13,17)(H,14,15). The number of carbonyl (C=O) groups is 2. The highest BCUT2D eigenvalue weighted by atomic mass is 32.2. The van der Waals surface area contributed by atoms with Gasteiger partial charge in [-0.05, 0) is 12.1 Å². The number of fused-ring (bicyclic) bond motifs is 1. The fourth-order valence-corrected chi connectivity index (χ4v) is 2.08. The van der Waals surface area contributed by atoms with Crippen molar-refractivity contribution in [3.8, 4) is 0 Å². The lowest BCUT2D eigenvalue weighted by Gasteiger charge is -2.00. The molecule has 2 aromatic rings. The molecule has 0 aliphatic carbocycles. The van der Waals surface area contributed by atoms with E-state index in [-0.39, 0.29) is 18.2 Å². The molecule has 2 amide bonds. The minimum Gasteiger partial charge on any atom is -0.368 e. The quantitative estimate of drug-likeness (QED) is 0.674. The average Bonchev–Trinajstić information content (AvgIpc) is 2.76. The number of thioether (sulfide) groups is 1. The van der Waals surface area contributed by atoms with E-state index in [0.29, 0.717) is 5.16 Å². The van der Waals surface area contributed by atoms with Crippen LogP contribution in [0.25, 0.3) is 11.0 Å². The summed E-state index contributed by atoms with van der Waals surface area (Å²) < 4.78 is 0. The number of imidazole rings is 1. The maximum Gasteiger partial charge on any atom is 0.236 e. The molecule has 0 bridgehead atoms. The lowest BCUT2D eigenvalue weighted by Crippen LogP contribution is -2.34. The number of para-hydroxylation sites is 2. The van der Waals surface area contributed by atoms with E-state index in [2.05, 4.69) is 15.3 Å². The van der Waals surface area contributed by atoms with Gasteiger partial charge in [0.15, 0.2) is 5.16 Å². The fourth-order valence-electron chi connectivity index (χ4n) is 1.37. The van der Waals surface area contributed by atoms with Crippen LogP contribution in [0.2, 0.25) is 0 Å². The Bertz CT molecular complexity index is 548. The van der Waals surface area contributed by atoms with Crippen LogP contribution in [0.1, 0.15) is 0 Å². The number of nitrogens with one attached hydrogen (secondary N) is 2. The molecule has 0 unspecified atom stereocenters. The first-order valence-electron chi connectivity index (χ1n) is 5.27. The van der Waals surface area contributed by atoms with Crippen LogP contribution >= 0.6 is 11.8 Å². The zero-order chi connectivity index (χ0) is 13.0. The molecule has 18 heavy (non-hydrogen) atoms. The van der Waals surface area contributed by atoms with Gasteiger partial charge in [0.1, 0.15) is 0 Å². The predicted octanol–water partition coefficient (Wildman–Crippen LogP) is 0.256. The van der Waals surface area contributed by atoms with Crippen LogP contribution in [-0.4, -0.2) is 34.1 Å². The molecule has 4 N–H and O–H groups in total. The molecule has 1 aromatic heterocycles. The summed E-state index contributed by atoms with van der Waals surface area (Å²) in [4.78, 5) is 29.2. The molecule has 0 atom stereocenters. The maximum absolute atomic E-state index is 11.4. The van der Waals surface area contributed by atoms with Crippen LogP contribution in [-0.2, 0) is 9.59 Å². The van der Waals surface area contributed by atoms with Crippen LogP contribution in [0.5, 0.6) is 0 Å². The Labute approximate surface area is 107 Å².